The third kappa shape index (κ3) is 5.02. The average molecular weight is 708 g/mol. The Morgan fingerprint density at radius 2 is 1.24 bits per heavy atom. The Morgan fingerprint density at radius 3 is 2.07 bits per heavy atom. The van der Waals surface area contributed by atoms with Crippen molar-refractivity contribution in [3.8, 4) is 16.9 Å². The molecule has 7 aromatic carbocycles. The molecule has 1 atom stereocenters. The van der Waals surface area contributed by atoms with Crippen LogP contribution in [0.1, 0.15) is 29.0 Å². The van der Waals surface area contributed by atoms with Gasteiger partial charge in [0.25, 0.3) is 0 Å². The van der Waals surface area contributed by atoms with Crippen molar-refractivity contribution in [1.82, 2.24) is 9.55 Å². The highest BCUT2D eigenvalue weighted by atomic mass is 32.1. The molecule has 1 unspecified atom stereocenters. The summed E-state index contributed by atoms with van der Waals surface area (Å²) in [6.45, 7) is 0. The van der Waals surface area contributed by atoms with Gasteiger partial charge in [0, 0.05) is 50.8 Å². The molecular weight excluding hydrogens is 675 g/mol. The van der Waals surface area contributed by atoms with Crippen molar-refractivity contribution in [3.05, 3.63) is 199 Å². The van der Waals surface area contributed by atoms with E-state index in [1.165, 1.54) is 58.5 Å². The zero-order valence-corrected chi connectivity index (χ0v) is 30.2. The normalized spacial score (nSPS) is 14.6. The molecule has 0 saturated carbocycles. The monoisotopic (exact) mass is 707 g/mol. The summed E-state index contributed by atoms with van der Waals surface area (Å²) in [4.78, 5) is 11.8. The number of hydrogen-bond acceptors (Lipinski definition) is 3. The van der Waals surface area contributed by atoms with Crippen LogP contribution in [-0.4, -0.2) is 15.3 Å². The maximum absolute atomic E-state index is 5.34. The Morgan fingerprint density at radius 1 is 0.556 bits per heavy atom. The zero-order valence-electron chi connectivity index (χ0n) is 29.4. The topological polar surface area (TPSA) is 30.2 Å². The number of thiophene rings is 1. The molecule has 0 radical (unpaired) electrons. The molecule has 1 aliphatic rings. The lowest BCUT2D eigenvalue weighted by atomic mass is 9.87. The molecule has 4 heteroatoms. The molecule has 11 rings (SSSR count). The molecule has 3 nitrogen and oxygen atoms in total. The van der Waals surface area contributed by atoms with Gasteiger partial charge in [-0.25, -0.2) is 4.98 Å². The smallest absolute Gasteiger partial charge is 0.109 e. The summed E-state index contributed by atoms with van der Waals surface area (Å²) >= 11 is 1.85. The summed E-state index contributed by atoms with van der Waals surface area (Å²) in [5.74, 6) is 0.250. The number of fused-ring (bicyclic) bond motifs is 8. The fourth-order valence-corrected chi connectivity index (χ4v) is 9.71. The summed E-state index contributed by atoms with van der Waals surface area (Å²) in [6.07, 6.45) is 3.22. The average Bonchev–Trinajstić information content (AvgIpc) is 3.79. The molecule has 0 saturated heterocycles. The lowest BCUT2D eigenvalue weighted by molar-refractivity contribution is 0.879. The molecule has 0 aliphatic carbocycles. The van der Waals surface area contributed by atoms with E-state index in [9.17, 15) is 0 Å². The largest absolute Gasteiger partial charge is 0.301 e. The zero-order chi connectivity index (χ0) is 35.6. The lowest BCUT2D eigenvalue weighted by Crippen LogP contribution is -2.12. The van der Waals surface area contributed by atoms with Gasteiger partial charge >= 0.3 is 0 Å². The van der Waals surface area contributed by atoms with E-state index in [4.69, 9.17) is 9.98 Å². The molecule has 3 aromatic heterocycles. The molecule has 0 spiro atoms. The standard InChI is InChI=1S/C50H33N3S/c1-3-13-32(14-4-1)38-30-43(34-16-5-2-6-17-34)51-44(31-38)35-25-27-39(28-26-35)53-45-22-12-10-20-41(45)47-46-40-19-9-11-21-42(40)52-48(49(46)54-50(47)53)37-24-23-33-15-7-8-18-36(33)29-37/h1-29,31,38H,30H2. The van der Waals surface area contributed by atoms with E-state index in [0.717, 1.165) is 45.9 Å². The first kappa shape index (κ1) is 31.0. The number of para-hydroxylation sites is 2. The van der Waals surface area contributed by atoms with Crippen molar-refractivity contribution in [3.63, 3.8) is 0 Å². The van der Waals surface area contributed by atoms with Crippen molar-refractivity contribution in [2.24, 2.45) is 4.99 Å². The maximum atomic E-state index is 5.34. The van der Waals surface area contributed by atoms with Crippen LogP contribution in [0.25, 0.3) is 75.5 Å². The molecule has 0 fully saturated rings. The van der Waals surface area contributed by atoms with Crippen LogP contribution in [0.3, 0.4) is 0 Å². The molecule has 0 N–H and O–H groups in total. The van der Waals surface area contributed by atoms with E-state index in [2.05, 4.69) is 187 Å². The molecule has 54 heavy (non-hydrogen) atoms. The predicted molar refractivity (Wildman–Crippen MR) is 229 cm³/mol. The van der Waals surface area contributed by atoms with Crippen LogP contribution in [0.2, 0.25) is 0 Å². The minimum Gasteiger partial charge on any atom is -0.301 e. The van der Waals surface area contributed by atoms with Gasteiger partial charge in [0.15, 0.2) is 0 Å². The summed E-state index contributed by atoms with van der Waals surface area (Å²) in [5, 5.41) is 7.45. The van der Waals surface area contributed by atoms with Crippen molar-refractivity contribution in [2.45, 2.75) is 12.3 Å². The minimum absolute atomic E-state index is 0.250. The van der Waals surface area contributed by atoms with Gasteiger partial charge in [-0.3, -0.25) is 4.99 Å². The first-order valence-corrected chi connectivity index (χ1v) is 19.3. The Bertz CT molecular complexity index is 3110. The number of rotatable bonds is 5. The van der Waals surface area contributed by atoms with E-state index in [1.807, 2.05) is 11.3 Å². The number of aliphatic imine (C=N–C) groups is 1. The van der Waals surface area contributed by atoms with Crippen molar-refractivity contribution >= 4 is 75.6 Å². The minimum atomic E-state index is 0.250. The van der Waals surface area contributed by atoms with Crippen LogP contribution in [0, 0.1) is 0 Å². The van der Waals surface area contributed by atoms with Crippen LogP contribution < -0.4 is 0 Å². The maximum Gasteiger partial charge on any atom is 0.109 e. The number of allylic oxidation sites excluding steroid dienone is 1. The quantitative estimate of drug-likeness (QED) is 0.175. The third-order valence-electron chi connectivity index (χ3n) is 10.9. The molecule has 4 heterocycles. The van der Waals surface area contributed by atoms with Crippen LogP contribution in [0.15, 0.2) is 187 Å². The molecule has 1 aliphatic heterocycles. The van der Waals surface area contributed by atoms with E-state index in [1.54, 1.807) is 0 Å². The Hall–Kier alpha value is -6.62. The van der Waals surface area contributed by atoms with Gasteiger partial charge in [0.2, 0.25) is 0 Å². The summed E-state index contributed by atoms with van der Waals surface area (Å²) < 4.78 is 3.66. The Labute approximate surface area is 316 Å². The highest BCUT2D eigenvalue weighted by Gasteiger charge is 2.24. The molecule has 0 bridgehead atoms. The first-order valence-electron chi connectivity index (χ1n) is 18.5. The van der Waals surface area contributed by atoms with Crippen molar-refractivity contribution in [1.29, 1.82) is 0 Å². The number of aromatic nitrogens is 2. The van der Waals surface area contributed by atoms with Gasteiger partial charge in [0.05, 0.1) is 27.1 Å². The molecule has 0 amide bonds. The lowest BCUT2D eigenvalue weighted by Gasteiger charge is -2.22. The number of benzene rings is 7. The van der Waals surface area contributed by atoms with Crippen molar-refractivity contribution in [2.75, 3.05) is 0 Å². The number of hydrogen-bond donors (Lipinski definition) is 0. The van der Waals surface area contributed by atoms with Crippen LogP contribution in [0.5, 0.6) is 0 Å². The fourth-order valence-electron chi connectivity index (χ4n) is 8.34. The first-order chi connectivity index (χ1) is 26.8. The fraction of sp³-hybridized carbons (Fsp3) is 0.0400. The second kappa shape index (κ2) is 12.5. The van der Waals surface area contributed by atoms with Gasteiger partial charge in [-0.05, 0) is 57.8 Å². The summed E-state index contributed by atoms with van der Waals surface area (Å²) in [6, 6.07) is 63.1. The van der Waals surface area contributed by atoms with E-state index in [0.29, 0.717) is 0 Å². The van der Waals surface area contributed by atoms with Crippen LogP contribution in [0.4, 0.5) is 0 Å². The summed E-state index contributed by atoms with van der Waals surface area (Å²) in [7, 11) is 0. The van der Waals surface area contributed by atoms with E-state index < -0.39 is 0 Å². The highest BCUT2D eigenvalue weighted by molar-refractivity contribution is 7.26. The number of pyridine rings is 1. The third-order valence-corrected chi connectivity index (χ3v) is 12.1. The molecule has 254 valence electrons. The Kier molecular flexibility index (Phi) is 7.17. The van der Waals surface area contributed by atoms with E-state index in [-0.39, 0.29) is 5.92 Å². The predicted octanol–water partition coefficient (Wildman–Crippen LogP) is 13.4. The van der Waals surface area contributed by atoms with Gasteiger partial charge in [-0.15, -0.1) is 11.3 Å². The Balaban J connectivity index is 1.10. The van der Waals surface area contributed by atoms with E-state index >= 15 is 0 Å². The SMILES string of the molecule is C1=C(c2ccc(-n3c4ccccc4c4c5c(sc43)c(-c3ccc4ccccc4c3)nc3ccccc35)cc2)N=C(c2ccccc2)CC1c1ccccc1. The van der Waals surface area contributed by atoms with Gasteiger partial charge < -0.3 is 4.57 Å². The summed E-state index contributed by atoms with van der Waals surface area (Å²) in [5.41, 5.74) is 11.3. The second-order valence-corrected chi connectivity index (χ2v) is 15.1. The van der Waals surface area contributed by atoms with Crippen LogP contribution in [-0.2, 0) is 0 Å². The molecular formula is C50H33N3S. The van der Waals surface area contributed by atoms with Gasteiger partial charge in [-0.2, -0.15) is 0 Å². The van der Waals surface area contributed by atoms with Gasteiger partial charge in [0.1, 0.15) is 4.83 Å². The second-order valence-electron chi connectivity index (χ2n) is 14.1. The highest BCUT2D eigenvalue weighted by Crippen LogP contribution is 2.48. The van der Waals surface area contributed by atoms with Gasteiger partial charge in [-0.1, -0.05) is 152 Å². The van der Waals surface area contributed by atoms with Crippen LogP contribution >= 0.6 is 11.3 Å². The van der Waals surface area contributed by atoms with Crippen molar-refractivity contribution < 1.29 is 0 Å². The molecule has 10 aromatic rings. The number of nitrogens with zero attached hydrogens (tertiary/aromatic N) is 3.